The molecule has 106 valence electrons. The molecule has 2 rings (SSSR count). The lowest BCUT2D eigenvalue weighted by Crippen LogP contribution is -2.43. The van der Waals surface area contributed by atoms with Crippen LogP contribution in [0.3, 0.4) is 0 Å². The van der Waals surface area contributed by atoms with Crippen LogP contribution in [0.25, 0.3) is 0 Å². The molecule has 0 saturated carbocycles. The van der Waals surface area contributed by atoms with E-state index in [1.165, 1.54) is 11.3 Å². The molecule has 0 spiro atoms. The van der Waals surface area contributed by atoms with Crippen LogP contribution in [0.1, 0.15) is 37.6 Å². The maximum absolute atomic E-state index is 13.2. The van der Waals surface area contributed by atoms with Crippen LogP contribution >= 0.6 is 11.3 Å². The van der Waals surface area contributed by atoms with Crippen LogP contribution < -0.4 is 0 Å². The van der Waals surface area contributed by atoms with Crippen LogP contribution in [-0.4, -0.2) is 29.7 Å². The Bertz CT molecular complexity index is 478. The van der Waals surface area contributed by atoms with Crippen LogP contribution in [0.2, 0.25) is 0 Å². The highest BCUT2D eigenvalue weighted by Crippen LogP contribution is 2.30. The van der Waals surface area contributed by atoms with Crippen molar-refractivity contribution in [2.24, 2.45) is 0 Å². The summed E-state index contributed by atoms with van der Waals surface area (Å²) in [5.41, 5.74) is 0.550. The second-order valence-electron chi connectivity index (χ2n) is 5.99. The van der Waals surface area contributed by atoms with Gasteiger partial charge in [0.05, 0.1) is 0 Å². The fourth-order valence-electron chi connectivity index (χ4n) is 2.28. The molecule has 1 heterocycles. The minimum absolute atomic E-state index is 0.0938. The summed E-state index contributed by atoms with van der Waals surface area (Å²) in [5, 5.41) is -0.134. The van der Waals surface area contributed by atoms with Gasteiger partial charge < -0.3 is 9.64 Å². The summed E-state index contributed by atoms with van der Waals surface area (Å²) in [4.78, 5) is 14.8. The Balaban J connectivity index is 2.02. The number of rotatable bonds is 1. The summed E-state index contributed by atoms with van der Waals surface area (Å²) >= 11 is 1.22. The molecular weight excluding hydrogens is 265 g/mol. The zero-order valence-electron chi connectivity index (χ0n) is 11.8. The van der Waals surface area contributed by atoms with Gasteiger partial charge in [-0.25, -0.2) is 4.79 Å². The van der Waals surface area contributed by atoms with E-state index in [0.717, 1.165) is 23.3 Å². The van der Waals surface area contributed by atoms with Crippen molar-refractivity contribution in [1.29, 1.82) is 0 Å². The van der Waals surface area contributed by atoms with Gasteiger partial charge in [-0.2, -0.15) is 4.39 Å². The first-order valence-corrected chi connectivity index (χ1v) is 7.31. The molecule has 3 nitrogen and oxygen atoms in total. The van der Waals surface area contributed by atoms with Crippen molar-refractivity contribution in [3.63, 3.8) is 0 Å². The molecule has 0 aromatic carbocycles. The lowest BCUT2D eigenvalue weighted by molar-refractivity contribution is 0.0210. The van der Waals surface area contributed by atoms with Gasteiger partial charge in [-0.3, -0.25) is 0 Å². The minimum atomic E-state index is -0.486. The molecule has 0 aliphatic heterocycles. The number of nitrogens with zero attached hydrogens (tertiary/aromatic N) is 1. The number of carbonyl (C=O) groups is 1. The van der Waals surface area contributed by atoms with E-state index in [0.29, 0.717) is 6.42 Å². The number of aryl methyl sites for hydroxylation is 1. The molecule has 1 aromatic rings. The van der Waals surface area contributed by atoms with E-state index >= 15 is 0 Å². The van der Waals surface area contributed by atoms with Crippen molar-refractivity contribution >= 4 is 17.4 Å². The quantitative estimate of drug-likeness (QED) is 0.789. The minimum Gasteiger partial charge on any atom is -0.444 e. The first-order chi connectivity index (χ1) is 8.76. The molecule has 5 heteroatoms. The van der Waals surface area contributed by atoms with Crippen molar-refractivity contribution in [1.82, 2.24) is 4.90 Å². The summed E-state index contributed by atoms with van der Waals surface area (Å²) in [5.74, 6) is 0. The van der Waals surface area contributed by atoms with E-state index in [1.807, 2.05) is 20.8 Å². The average molecular weight is 285 g/mol. The van der Waals surface area contributed by atoms with E-state index in [9.17, 15) is 9.18 Å². The normalized spacial score (nSPS) is 18.9. The Morgan fingerprint density at radius 3 is 2.84 bits per heavy atom. The molecule has 0 unspecified atom stereocenters. The summed E-state index contributed by atoms with van der Waals surface area (Å²) in [6.07, 6.45) is 2.10. The third-order valence-electron chi connectivity index (χ3n) is 3.26. The van der Waals surface area contributed by atoms with Gasteiger partial charge in [0, 0.05) is 18.0 Å². The maximum Gasteiger partial charge on any atom is 0.410 e. The van der Waals surface area contributed by atoms with Gasteiger partial charge in [0.15, 0.2) is 5.13 Å². The van der Waals surface area contributed by atoms with Crippen LogP contribution in [0.4, 0.5) is 9.18 Å². The molecule has 0 bridgehead atoms. The number of ether oxygens (including phenoxy) is 1. The standard InChI is InChI=1S/C14H20FNO2S/c1-14(2,3)18-13(17)16(4)10-5-6-11-9(7-10)8-12(15)19-11/h8,10H,5-7H2,1-4H3/t10-/m1/s1. The molecule has 0 radical (unpaired) electrons. The topological polar surface area (TPSA) is 29.5 Å². The smallest absolute Gasteiger partial charge is 0.410 e. The van der Waals surface area contributed by atoms with Crippen molar-refractivity contribution in [3.8, 4) is 0 Å². The summed E-state index contributed by atoms with van der Waals surface area (Å²) in [7, 11) is 1.76. The van der Waals surface area contributed by atoms with Gasteiger partial charge in [-0.05, 0) is 51.7 Å². The maximum atomic E-state index is 13.2. The molecule has 1 aromatic heterocycles. The van der Waals surface area contributed by atoms with E-state index in [2.05, 4.69) is 0 Å². The van der Waals surface area contributed by atoms with Gasteiger partial charge in [0.25, 0.3) is 0 Å². The van der Waals surface area contributed by atoms with Crippen molar-refractivity contribution in [2.45, 2.75) is 51.7 Å². The number of likely N-dealkylation sites (N-methyl/N-ethyl adjacent to an activating group) is 1. The number of thiophene rings is 1. The van der Waals surface area contributed by atoms with E-state index in [-0.39, 0.29) is 17.3 Å². The predicted octanol–water partition coefficient (Wildman–Crippen LogP) is 3.61. The van der Waals surface area contributed by atoms with Crippen LogP contribution in [0.15, 0.2) is 6.07 Å². The molecule has 1 aliphatic rings. The summed E-state index contributed by atoms with van der Waals surface area (Å²) in [6.45, 7) is 5.56. The second kappa shape index (κ2) is 5.12. The average Bonchev–Trinajstić information content (AvgIpc) is 2.64. The highest BCUT2D eigenvalue weighted by Gasteiger charge is 2.29. The molecule has 1 amide bonds. The fourth-order valence-corrected chi connectivity index (χ4v) is 3.21. The lowest BCUT2D eigenvalue weighted by atomic mass is 9.94. The molecule has 19 heavy (non-hydrogen) atoms. The number of carbonyl (C=O) groups excluding carboxylic acids is 1. The van der Waals surface area contributed by atoms with Crippen molar-refractivity contribution < 1.29 is 13.9 Å². The zero-order chi connectivity index (χ0) is 14.2. The van der Waals surface area contributed by atoms with E-state index in [4.69, 9.17) is 4.74 Å². The van der Waals surface area contributed by atoms with Gasteiger partial charge in [0.1, 0.15) is 5.60 Å². The number of hydrogen-bond donors (Lipinski definition) is 0. The third kappa shape index (κ3) is 3.47. The molecule has 1 atom stereocenters. The van der Waals surface area contributed by atoms with E-state index in [1.54, 1.807) is 18.0 Å². The fraction of sp³-hybridized carbons (Fsp3) is 0.643. The predicted molar refractivity (Wildman–Crippen MR) is 74.1 cm³/mol. The van der Waals surface area contributed by atoms with Crippen LogP contribution in [0.5, 0.6) is 0 Å². The highest BCUT2D eigenvalue weighted by atomic mass is 32.1. The Morgan fingerprint density at radius 2 is 2.21 bits per heavy atom. The van der Waals surface area contributed by atoms with Crippen molar-refractivity contribution in [3.05, 3.63) is 21.6 Å². The van der Waals surface area contributed by atoms with Gasteiger partial charge in [0.2, 0.25) is 0 Å². The number of halogens is 1. The third-order valence-corrected chi connectivity index (χ3v) is 4.28. The SMILES string of the molecule is CN(C(=O)OC(C)(C)C)[C@@H]1CCc2sc(F)cc2C1. The highest BCUT2D eigenvalue weighted by molar-refractivity contribution is 7.10. The monoisotopic (exact) mass is 285 g/mol. The van der Waals surface area contributed by atoms with Gasteiger partial charge in [-0.1, -0.05) is 0 Å². The van der Waals surface area contributed by atoms with Gasteiger partial charge in [-0.15, -0.1) is 11.3 Å². The zero-order valence-corrected chi connectivity index (χ0v) is 12.6. The number of amides is 1. The Morgan fingerprint density at radius 1 is 1.53 bits per heavy atom. The molecular formula is C14H20FNO2S. The molecule has 0 saturated heterocycles. The summed E-state index contributed by atoms with van der Waals surface area (Å²) < 4.78 is 18.6. The second-order valence-corrected chi connectivity index (χ2v) is 7.07. The lowest BCUT2D eigenvalue weighted by Gasteiger charge is -2.32. The Kier molecular flexibility index (Phi) is 3.85. The van der Waals surface area contributed by atoms with Crippen molar-refractivity contribution in [2.75, 3.05) is 7.05 Å². The van der Waals surface area contributed by atoms with Crippen LogP contribution in [0, 0.1) is 5.13 Å². The van der Waals surface area contributed by atoms with Crippen LogP contribution in [-0.2, 0) is 17.6 Å². The number of hydrogen-bond acceptors (Lipinski definition) is 3. The summed E-state index contributed by atoms with van der Waals surface area (Å²) in [6, 6.07) is 1.69. The molecule has 0 fully saturated rings. The van der Waals surface area contributed by atoms with E-state index < -0.39 is 5.60 Å². The molecule has 1 aliphatic carbocycles. The van der Waals surface area contributed by atoms with Gasteiger partial charge >= 0.3 is 6.09 Å². The number of fused-ring (bicyclic) bond motifs is 1. The molecule has 0 N–H and O–H groups in total. The largest absolute Gasteiger partial charge is 0.444 e. The first-order valence-electron chi connectivity index (χ1n) is 6.49. The first kappa shape index (κ1) is 14.3. The Labute approximate surface area is 117 Å². The Hall–Kier alpha value is -1.10.